The van der Waals surface area contributed by atoms with Gasteiger partial charge >= 0.3 is 5.97 Å². The van der Waals surface area contributed by atoms with Crippen molar-refractivity contribution in [1.82, 2.24) is 0 Å². The summed E-state index contributed by atoms with van der Waals surface area (Å²) in [6.45, 7) is 4.87. The summed E-state index contributed by atoms with van der Waals surface area (Å²) in [6.07, 6.45) is -2.03. The van der Waals surface area contributed by atoms with Gasteiger partial charge in [-0.3, -0.25) is 0 Å². The Kier molecular flexibility index (Phi) is 6.04. The zero-order valence-corrected chi connectivity index (χ0v) is 14.6. The lowest BCUT2D eigenvalue weighted by atomic mass is 10.1. The van der Waals surface area contributed by atoms with Gasteiger partial charge in [-0.2, -0.15) is 0 Å². The first kappa shape index (κ1) is 16.7. The predicted octanol–water partition coefficient (Wildman–Crippen LogP) is 3.74. The molecular formula is C12H11Br3O4. The lowest BCUT2D eigenvalue weighted by Crippen LogP contribution is -2.34. The Morgan fingerprint density at radius 3 is 2.37 bits per heavy atom. The number of carboxylic acid groups (broad SMARTS) is 1. The molecule has 0 amide bonds. The summed E-state index contributed by atoms with van der Waals surface area (Å²) in [4.78, 5) is 10.9. The summed E-state index contributed by atoms with van der Waals surface area (Å²) in [6, 6.07) is 3.40. The highest BCUT2D eigenvalue weighted by atomic mass is 79.9. The normalized spacial score (nSPS) is 13.7. The fraction of sp³-hybridized carbons (Fsp3) is 0.250. The molecule has 0 aliphatic heterocycles. The third kappa shape index (κ3) is 4.05. The van der Waals surface area contributed by atoms with Crippen LogP contribution in [-0.2, 0) is 4.79 Å². The van der Waals surface area contributed by atoms with E-state index in [0.717, 1.165) is 8.95 Å². The molecule has 4 nitrogen and oxygen atoms in total. The van der Waals surface area contributed by atoms with Gasteiger partial charge in [-0.25, -0.2) is 4.79 Å². The Morgan fingerprint density at radius 2 is 1.89 bits per heavy atom. The predicted molar refractivity (Wildman–Crippen MR) is 82.4 cm³/mol. The average Bonchev–Trinajstić information content (AvgIpc) is 2.34. The van der Waals surface area contributed by atoms with Crippen LogP contribution in [-0.4, -0.2) is 28.4 Å². The van der Waals surface area contributed by atoms with Crippen LogP contribution in [0.2, 0.25) is 0 Å². The smallest absolute Gasteiger partial charge is 0.334 e. The molecule has 0 aromatic heterocycles. The molecule has 1 aromatic carbocycles. The second-order valence-corrected chi connectivity index (χ2v) is 6.22. The van der Waals surface area contributed by atoms with Crippen LogP contribution in [0.15, 0.2) is 37.7 Å². The van der Waals surface area contributed by atoms with E-state index in [1.54, 1.807) is 12.1 Å². The number of hydrogen-bond acceptors (Lipinski definition) is 3. The van der Waals surface area contributed by atoms with E-state index in [2.05, 4.69) is 54.4 Å². The summed E-state index contributed by atoms with van der Waals surface area (Å²) >= 11 is 10.0. The van der Waals surface area contributed by atoms with Gasteiger partial charge in [0.25, 0.3) is 0 Å². The van der Waals surface area contributed by atoms with Crippen molar-refractivity contribution < 1.29 is 19.7 Å². The van der Waals surface area contributed by atoms with E-state index in [9.17, 15) is 9.90 Å². The van der Waals surface area contributed by atoms with Crippen molar-refractivity contribution in [1.29, 1.82) is 0 Å². The summed E-state index contributed by atoms with van der Waals surface area (Å²) in [7, 11) is 0. The molecule has 0 aliphatic rings. The average molecular weight is 459 g/mol. The van der Waals surface area contributed by atoms with E-state index >= 15 is 0 Å². The third-order valence-electron chi connectivity index (χ3n) is 2.31. The first-order valence-electron chi connectivity index (χ1n) is 5.16. The molecule has 0 spiro atoms. The number of carboxylic acids is 1. The number of ether oxygens (including phenoxy) is 1. The van der Waals surface area contributed by atoms with Gasteiger partial charge < -0.3 is 14.9 Å². The second kappa shape index (κ2) is 6.88. The quantitative estimate of drug-likeness (QED) is 0.521. The Morgan fingerprint density at radius 1 is 1.32 bits per heavy atom. The van der Waals surface area contributed by atoms with E-state index in [0.29, 0.717) is 10.2 Å². The lowest BCUT2D eigenvalue weighted by molar-refractivity contribution is -0.134. The monoisotopic (exact) mass is 456 g/mol. The highest BCUT2D eigenvalue weighted by molar-refractivity contribution is 9.14. The largest absolute Gasteiger partial charge is 0.482 e. The first-order valence-corrected chi connectivity index (χ1v) is 7.54. The molecule has 0 saturated heterocycles. The maximum absolute atomic E-state index is 10.9. The highest BCUT2D eigenvalue weighted by Crippen LogP contribution is 2.38. The Bertz CT molecular complexity index is 514. The maximum atomic E-state index is 10.9. The highest BCUT2D eigenvalue weighted by Gasteiger charge is 2.26. The van der Waals surface area contributed by atoms with Gasteiger partial charge in [-0.15, -0.1) is 0 Å². The van der Waals surface area contributed by atoms with Crippen LogP contribution in [0.25, 0.3) is 0 Å². The van der Waals surface area contributed by atoms with E-state index in [1.165, 1.54) is 6.92 Å². The number of aliphatic carboxylic acids is 1. The lowest BCUT2D eigenvalue weighted by Gasteiger charge is -2.22. The minimum absolute atomic E-state index is 0.207. The number of hydrogen-bond donors (Lipinski definition) is 2. The number of aliphatic hydroxyl groups excluding tert-OH is 1. The molecule has 0 heterocycles. The number of halogens is 3. The van der Waals surface area contributed by atoms with Crippen LogP contribution in [0.1, 0.15) is 6.92 Å². The van der Waals surface area contributed by atoms with Gasteiger partial charge in [-0.1, -0.05) is 6.58 Å². The summed E-state index contributed by atoms with van der Waals surface area (Å²) in [5.41, 5.74) is -0.207. The first-order chi connectivity index (χ1) is 8.75. The molecule has 2 N–H and O–H groups in total. The van der Waals surface area contributed by atoms with E-state index < -0.39 is 18.2 Å². The van der Waals surface area contributed by atoms with Gasteiger partial charge in [0.05, 0.1) is 16.1 Å². The molecule has 0 radical (unpaired) electrons. The molecule has 0 aliphatic carbocycles. The minimum Gasteiger partial charge on any atom is -0.482 e. The van der Waals surface area contributed by atoms with Gasteiger partial charge in [0.15, 0.2) is 6.10 Å². The van der Waals surface area contributed by atoms with Crippen LogP contribution in [0, 0.1) is 0 Å². The zero-order chi connectivity index (χ0) is 14.7. The number of benzene rings is 1. The Hall–Kier alpha value is -0.370. The van der Waals surface area contributed by atoms with Crippen molar-refractivity contribution >= 4 is 53.8 Å². The third-order valence-corrected chi connectivity index (χ3v) is 5.65. The van der Waals surface area contributed by atoms with Crippen molar-refractivity contribution in [2.45, 2.75) is 19.1 Å². The number of rotatable bonds is 5. The van der Waals surface area contributed by atoms with Crippen molar-refractivity contribution in [2.24, 2.45) is 0 Å². The summed E-state index contributed by atoms with van der Waals surface area (Å²) in [5, 5.41) is 18.6. The minimum atomic E-state index is -1.21. The van der Waals surface area contributed by atoms with Gasteiger partial charge in [0, 0.05) is 8.95 Å². The number of carbonyl (C=O) groups is 1. The Labute approximate surface area is 135 Å². The van der Waals surface area contributed by atoms with E-state index in [1.807, 2.05) is 0 Å². The topological polar surface area (TPSA) is 66.8 Å². The van der Waals surface area contributed by atoms with Crippen LogP contribution in [0.5, 0.6) is 5.75 Å². The summed E-state index contributed by atoms with van der Waals surface area (Å²) < 4.78 is 7.70. The van der Waals surface area contributed by atoms with Gasteiger partial charge in [0.1, 0.15) is 5.75 Å². The molecule has 0 bridgehead atoms. The second-order valence-electron chi connectivity index (χ2n) is 3.78. The zero-order valence-electron chi connectivity index (χ0n) is 9.86. The Balaban J connectivity index is 3.08. The fourth-order valence-corrected chi connectivity index (χ4v) is 2.68. The van der Waals surface area contributed by atoms with Gasteiger partial charge in [-0.05, 0) is 66.8 Å². The molecule has 1 aromatic rings. The molecule has 7 heteroatoms. The van der Waals surface area contributed by atoms with Gasteiger partial charge in [0.2, 0.25) is 0 Å². The molecule has 1 rings (SSSR count). The SMILES string of the molecule is C=C(C(=O)O)C(Oc1ccc(Br)c(Br)c1Br)C(C)O. The van der Waals surface area contributed by atoms with Crippen molar-refractivity contribution in [3.05, 3.63) is 37.7 Å². The van der Waals surface area contributed by atoms with Crippen molar-refractivity contribution in [3.8, 4) is 5.75 Å². The number of aliphatic hydroxyl groups is 1. The molecule has 2 atom stereocenters. The molecule has 0 fully saturated rings. The van der Waals surface area contributed by atoms with E-state index in [4.69, 9.17) is 9.84 Å². The van der Waals surface area contributed by atoms with E-state index in [-0.39, 0.29) is 5.57 Å². The fourth-order valence-electron chi connectivity index (χ4n) is 1.32. The standard InChI is InChI=1S/C12H11Br3O4/c1-5(12(17)18)11(6(2)16)19-8-4-3-7(13)9(14)10(8)15/h3-4,6,11,16H,1H2,2H3,(H,17,18). The molecular weight excluding hydrogens is 448 g/mol. The maximum Gasteiger partial charge on any atom is 0.334 e. The molecule has 0 saturated carbocycles. The van der Waals surface area contributed by atoms with Crippen LogP contribution in [0.4, 0.5) is 0 Å². The van der Waals surface area contributed by atoms with Crippen molar-refractivity contribution in [2.75, 3.05) is 0 Å². The molecule has 19 heavy (non-hydrogen) atoms. The molecule has 104 valence electrons. The summed E-state index contributed by atoms with van der Waals surface area (Å²) in [5.74, 6) is -0.804. The van der Waals surface area contributed by atoms with Crippen LogP contribution < -0.4 is 4.74 Å². The van der Waals surface area contributed by atoms with Crippen LogP contribution in [0.3, 0.4) is 0 Å². The van der Waals surface area contributed by atoms with Crippen molar-refractivity contribution in [3.63, 3.8) is 0 Å². The molecule has 2 unspecified atom stereocenters. The van der Waals surface area contributed by atoms with Crippen LogP contribution >= 0.6 is 47.8 Å².